The second kappa shape index (κ2) is 8.56. The number of amides is 2. The highest BCUT2D eigenvalue weighted by Gasteiger charge is 2.32. The summed E-state index contributed by atoms with van der Waals surface area (Å²) < 4.78 is 40.9. The minimum absolute atomic E-state index is 0.0539. The van der Waals surface area contributed by atoms with Gasteiger partial charge in [-0.25, -0.2) is 13.2 Å². The highest BCUT2D eigenvalue weighted by molar-refractivity contribution is 5.95. The predicted molar refractivity (Wildman–Crippen MR) is 92.1 cm³/mol. The van der Waals surface area contributed by atoms with E-state index in [1.54, 1.807) is 4.90 Å². The summed E-state index contributed by atoms with van der Waals surface area (Å²) in [6.45, 7) is 4.88. The van der Waals surface area contributed by atoms with Gasteiger partial charge < -0.3 is 9.80 Å². The lowest BCUT2D eigenvalue weighted by Crippen LogP contribution is -2.51. The Kier molecular flexibility index (Phi) is 6.67. The Morgan fingerprint density at radius 1 is 1.19 bits per heavy atom. The van der Waals surface area contributed by atoms with Crippen molar-refractivity contribution in [3.05, 3.63) is 35.1 Å². The van der Waals surface area contributed by atoms with Gasteiger partial charge in [0.25, 0.3) is 5.91 Å². The van der Waals surface area contributed by atoms with E-state index < -0.39 is 28.9 Å². The molecule has 0 aromatic heterocycles. The standard InChI is InChI=1S/C19H25F3N2O2/c1-4-12(5-2)18(25)24-8-6-7-14(11-24)23(3)19(26)17-15(21)9-13(20)10-16(17)22/h9-10,12,14H,4-8,11H2,1-3H3. The number of rotatable bonds is 5. The van der Waals surface area contributed by atoms with Crippen molar-refractivity contribution in [3.8, 4) is 0 Å². The molecule has 1 aliphatic heterocycles. The zero-order valence-corrected chi connectivity index (χ0v) is 15.4. The third-order valence-electron chi connectivity index (χ3n) is 5.13. The molecule has 2 rings (SSSR count). The number of hydrogen-bond acceptors (Lipinski definition) is 2. The molecule has 0 N–H and O–H groups in total. The van der Waals surface area contributed by atoms with Crippen molar-refractivity contribution in [2.45, 2.75) is 45.6 Å². The largest absolute Gasteiger partial charge is 0.340 e. The molecule has 0 spiro atoms. The minimum atomic E-state index is -1.22. The van der Waals surface area contributed by atoms with Crippen LogP contribution in [0.4, 0.5) is 13.2 Å². The van der Waals surface area contributed by atoms with Crippen molar-refractivity contribution in [1.82, 2.24) is 9.80 Å². The number of carbonyl (C=O) groups excluding carboxylic acids is 2. The second-order valence-electron chi connectivity index (χ2n) is 6.75. The van der Waals surface area contributed by atoms with Gasteiger partial charge in [-0.15, -0.1) is 0 Å². The Hall–Kier alpha value is -2.05. The van der Waals surface area contributed by atoms with Crippen molar-refractivity contribution >= 4 is 11.8 Å². The lowest BCUT2D eigenvalue weighted by molar-refractivity contribution is -0.137. The van der Waals surface area contributed by atoms with Crippen LogP contribution < -0.4 is 0 Å². The number of likely N-dealkylation sites (N-methyl/N-ethyl adjacent to an activating group) is 1. The van der Waals surface area contributed by atoms with Crippen LogP contribution in [0.5, 0.6) is 0 Å². The molecule has 26 heavy (non-hydrogen) atoms. The minimum Gasteiger partial charge on any atom is -0.340 e. The number of benzene rings is 1. The summed E-state index contributed by atoms with van der Waals surface area (Å²) in [4.78, 5) is 28.1. The van der Waals surface area contributed by atoms with E-state index in [1.807, 2.05) is 13.8 Å². The Labute approximate surface area is 152 Å². The van der Waals surface area contributed by atoms with Crippen LogP contribution in [0.15, 0.2) is 12.1 Å². The van der Waals surface area contributed by atoms with Crippen LogP contribution in [0.2, 0.25) is 0 Å². The predicted octanol–water partition coefficient (Wildman–Crippen LogP) is 3.60. The maximum atomic E-state index is 13.9. The fraction of sp³-hybridized carbons (Fsp3) is 0.579. The lowest BCUT2D eigenvalue weighted by Gasteiger charge is -2.39. The second-order valence-corrected chi connectivity index (χ2v) is 6.75. The number of likely N-dealkylation sites (tertiary alicyclic amines) is 1. The molecule has 1 fully saturated rings. The lowest BCUT2D eigenvalue weighted by atomic mass is 9.98. The Morgan fingerprint density at radius 2 is 1.77 bits per heavy atom. The fourth-order valence-electron chi connectivity index (χ4n) is 3.46. The average Bonchev–Trinajstić information content (AvgIpc) is 2.61. The third-order valence-corrected chi connectivity index (χ3v) is 5.13. The third kappa shape index (κ3) is 4.19. The van der Waals surface area contributed by atoms with E-state index in [1.165, 1.54) is 11.9 Å². The first-order valence-electron chi connectivity index (χ1n) is 9.00. The zero-order chi connectivity index (χ0) is 19.4. The molecular formula is C19H25F3N2O2. The van der Waals surface area contributed by atoms with Crippen LogP contribution in [0.25, 0.3) is 0 Å². The van der Waals surface area contributed by atoms with Crippen molar-refractivity contribution < 1.29 is 22.8 Å². The Balaban J connectivity index is 2.15. The monoisotopic (exact) mass is 370 g/mol. The quantitative estimate of drug-likeness (QED) is 0.795. The molecule has 1 atom stereocenters. The summed E-state index contributed by atoms with van der Waals surface area (Å²) in [5, 5.41) is 0. The van der Waals surface area contributed by atoms with Crippen LogP contribution in [-0.2, 0) is 4.79 Å². The molecule has 1 unspecified atom stereocenters. The molecule has 1 aliphatic rings. The van der Waals surface area contributed by atoms with Crippen molar-refractivity contribution in [1.29, 1.82) is 0 Å². The van der Waals surface area contributed by atoms with Gasteiger partial charge >= 0.3 is 0 Å². The molecule has 7 heteroatoms. The summed E-state index contributed by atoms with van der Waals surface area (Å²) in [7, 11) is 1.46. The van der Waals surface area contributed by atoms with E-state index in [-0.39, 0.29) is 17.9 Å². The number of piperidine rings is 1. The van der Waals surface area contributed by atoms with E-state index in [4.69, 9.17) is 0 Å². The Morgan fingerprint density at radius 3 is 2.31 bits per heavy atom. The molecule has 0 radical (unpaired) electrons. The first-order chi connectivity index (χ1) is 12.3. The van der Waals surface area contributed by atoms with Crippen molar-refractivity contribution in [2.75, 3.05) is 20.1 Å². The Bertz CT molecular complexity index is 654. The van der Waals surface area contributed by atoms with Gasteiger partial charge in [0.05, 0.1) is 0 Å². The molecule has 1 saturated heterocycles. The van der Waals surface area contributed by atoms with Gasteiger partial charge in [0.2, 0.25) is 5.91 Å². The highest BCUT2D eigenvalue weighted by atomic mass is 19.1. The van der Waals surface area contributed by atoms with E-state index in [0.717, 1.165) is 12.8 Å². The molecule has 4 nitrogen and oxygen atoms in total. The van der Waals surface area contributed by atoms with Crippen LogP contribution in [0.3, 0.4) is 0 Å². The van der Waals surface area contributed by atoms with Gasteiger partial charge in [0.15, 0.2) is 0 Å². The number of hydrogen-bond donors (Lipinski definition) is 0. The number of nitrogens with zero attached hydrogens (tertiary/aromatic N) is 2. The molecule has 1 heterocycles. The smallest absolute Gasteiger partial charge is 0.259 e. The van der Waals surface area contributed by atoms with Gasteiger partial charge in [0, 0.05) is 44.2 Å². The van der Waals surface area contributed by atoms with E-state index >= 15 is 0 Å². The number of halogens is 3. The normalized spacial score (nSPS) is 17.5. The zero-order valence-electron chi connectivity index (χ0n) is 15.4. The van der Waals surface area contributed by atoms with Gasteiger partial charge in [-0.1, -0.05) is 13.8 Å². The van der Waals surface area contributed by atoms with Gasteiger partial charge in [-0.3, -0.25) is 9.59 Å². The van der Waals surface area contributed by atoms with Gasteiger partial charge in [-0.2, -0.15) is 0 Å². The SMILES string of the molecule is CCC(CC)C(=O)N1CCCC(N(C)C(=O)c2c(F)cc(F)cc2F)C1. The fourth-order valence-corrected chi connectivity index (χ4v) is 3.46. The summed E-state index contributed by atoms with van der Waals surface area (Å²) in [5.74, 6) is -4.36. The number of carbonyl (C=O) groups is 2. The van der Waals surface area contributed by atoms with Crippen LogP contribution in [-0.4, -0.2) is 47.8 Å². The average molecular weight is 370 g/mol. The molecule has 1 aromatic rings. The summed E-state index contributed by atoms with van der Waals surface area (Å²) >= 11 is 0. The first kappa shape index (κ1) is 20.3. The molecule has 2 amide bonds. The van der Waals surface area contributed by atoms with Gasteiger partial charge in [0.1, 0.15) is 23.0 Å². The van der Waals surface area contributed by atoms with Gasteiger partial charge in [-0.05, 0) is 25.7 Å². The maximum Gasteiger partial charge on any atom is 0.259 e. The van der Waals surface area contributed by atoms with Crippen LogP contribution >= 0.6 is 0 Å². The maximum absolute atomic E-state index is 13.9. The molecule has 0 bridgehead atoms. The topological polar surface area (TPSA) is 40.6 Å². The van der Waals surface area contributed by atoms with Crippen molar-refractivity contribution in [2.24, 2.45) is 5.92 Å². The molecular weight excluding hydrogens is 345 g/mol. The summed E-state index contributed by atoms with van der Waals surface area (Å²) in [6, 6.07) is 0.653. The first-order valence-corrected chi connectivity index (χ1v) is 9.00. The molecule has 144 valence electrons. The van der Waals surface area contributed by atoms with E-state index in [9.17, 15) is 22.8 Å². The molecule has 1 aromatic carbocycles. The summed E-state index contributed by atoms with van der Waals surface area (Å²) in [6.07, 6.45) is 2.84. The molecule has 0 aliphatic carbocycles. The summed E-state index contributed by atoms with van der Waals surface area (Å²) in [5.41, 5.74) is -0.766. The van der Waals surface area contributed by atoms with Crippen LogP contribution in [0.1, 0.15) is 49.9 Å². The highest BCUT2D eigenvalue weighted by Crippen LogP contribution is 2.23. The van der Waals surface area contributed by atoms with E-state index in [2.05, 4.69) is 0 Å². The van der Waals surface area contributed by atoms with Crippen molar-refractivity contribution in [3.63, 3.8) is 0 Å². The van der Waals surface area contributed by atoms with Crippen LogP contribution in [0, 0.1) is 23.4 Å². The molecule has 0 saturated carbocycles. The van der Waals surface area contributed by atoms with E-state index in [0.29, 0.717) is 38.1 Å².